The number of carbonyl (C=O) groups excluding carboxylic acids is 1. The van der Waals surface area contributed by atoms with Gasteiger partial charge in [-0.25, -0.2) is 0 Å². The van der Waals surface area contributed by atoms with E-state index < -0.39 is 6.10 Å². The van der Waals surface area contributed by atoms with Gasteiger partial charge in [-0.3, -0.25) is 4.79 Å². The van der Waals surface area contributed by atoms with Crippen LogP contribution in [0, 0.1) is 12.8 Å². The first-order valence-electron chi connectivity index (χ1n) is 6.93. The van der Waals surface area contributed by atoms with Crippen molar-refractivity contribution in [2.45, 2.75) is 19.4 Å². The lowest BCUT2D eigenvalue weighted by Crippen LogP contribution is -2.45. The van der Waals surface area contributed by atoms with Gasteiger partial charge in [0.2, 0.25) is 0 Å². The summed E-state index contributed by atoms with van der Waals surface area (Å²) in [6, 6.07) is 5.49. The van der Waals surface area contributed by atoms with Gasteiger partial charge in [-0.2, -0.15) is 0 Å². The maximum atomic E-state index is 12.2. The van der Waals surface area contributed by atoms with Crippen LogP contribution in [0.25, 0.3) is 0 Å². The van der Waals surface area contributed by atoms with Crippen molar-refractivity contribution < 1.29 is 14.6 Å². The van der Waals surface area contributed by atoms with Gasteiger partial charge < -0.3 is 20.5 Å². The summed E-state index contributed by atoms with van der Waals surface area (Å²) in [7, 11) is 1.56. The number of amides is 1. The Bertz CT molecular complexity index is 476. The number of piperidine rings is 1. The second-order valence-electron chi connectivity index (χ2n) is 5.23. The van der Waals surface area contributed by atoms with Gasteiger partial charge in [0.25, 0.3) is 5.91 Å². The monoisotopic (exact) mass is 278 g/mol. The minimum atomic E-state index is -0.399. The number of carbonyl (C=O) groups is 1. The van der Waals surface area contributed by atoms with Crippen molar-refractivity contribution in [2.75, 3.05) is 26.7 Å². The molecule has 1 aliphatic heterocycles. The van der Waals surface area contributed by atoms with Gasteiger partial charge in [0.05, 0.1) is 18.8 Å². The Labute approximate surface area is 119 Å². The molecule has 1 aromatic rings. The van der Waals surface area contributed by atoms with E-state index in [0.717, 1.165) is 18.5 Å². The van der Waals surface area contributed by atoms with E-state index in [2.05, 4.69) is 10.6 Å². The van der Waals surface area contributed by atoms with E-state index in [1.807, 2.05) is 19.1 Å². The summed E-state index contributed by atoms with van der Waals surface area (Å²) in [6.45, 7) is 3.91. The van der Waals surface area contributed by atoms with E-state index in [1.54, 1.807) is 13.2 Å². The van der Waals surface area contributed by atoms with Crippen LogP contribution in [0.5, 0.6) is 5.75 Å². The molecule has 0 saturated carbocycles. The second kappa shape index (κ2) is 6.72. The molecule has 2 atom stereocenters. The third-order valence-corrected chi connectivity index (χ3v) is 3.72. The molecule has 1 fully saturated rings. The molecule has 2 rings (SSSR count). The van der Waals surface area contributed by atoms with Gasteiger partial charge in [0.1, 0.15) is 5.75 Å². The van der Waals surface area contributed by atoms with E-state index in [1.165, 1.54) is 0 Å². The van der Waals surface area contributed by atoms with Crippen LogP contribution in [0.1, 0.15) is 22.3 Å². The molecular formula is C15H22N2O3. The normalized spacial score (nSPS) is 22.4. The van der Waals surface area contributed by atoms with Crippen LogP contribution >= 0.6 is 0 Å². The Morgan fingerprint density at radius 2 is 2.35 bits per heavy atom. The molecule has 20 heavy (non-hydrogen) atoms. The first-order chi connectivity index (χ1) is 9.61. The number of nitrogens with one attached hydrogen (secondary N) is 2. The van der Waals surface area contributed by atoms with Gasteiger partial charge in [0.15, 0.2) is 0 Å². The minimum Gasteiger partial charge on any atom is -0.496 e. The first-order valence-corrected chi connectivity index (χ1v) is 6.93. The topological polar surface area (TPSA) is 70.6 Å². The van der Waals surface area contributed by atoms with Crippen LogP contribution in [0.4, 0.5) is 0 Å². The molecule has 0 bridgehead atoms. The lowest BCUT2D eigenvalue weighted by atomic mass is 9.95. The minimum absolute atomic E-state index is 0.108. The van der Waals surface area contributed by atoms with Gasteiger partial charge in [0, 0.05) is 19.0 Å². The number of aliphatic hydroxyl groups is 1. The fraction of sp³-hybridized carbons (Fsp3) is 0.533. The number of hydrogen-bond acceptors (Lipinski definition) is 4. The molecule has 0 unspecified atom stereocenters. The van der Waals surface area contributed by atoms with Crippen LogP contribution in [0.3, 0.4) is 0 Å². The van der Waals surface area contributed by atoms with E-state index in [0.29, 0.717) is 24.4 Å². The number of aryl methyl sites for hydroxylation is 1. The molecule has 5 heteroatoms. The Balaban J connectivity index is 1.98. The molecular weight excluding hydrogens is 256 g/mol. The average Bonchev–Trinajstić information content (AvgIpc) is 2.46. The van der Waals surface area contributed by atoms with E-state index >= 15 is 0 Å². The van der Waals surface area contributed by atoms with Crippen molar-refractivity contribution in [1.82, 2.24) is 10.6 Å². The molecule has 1 amide bonds. The third-order valence-electron chi connectivity index (χ3n) is 3.72. The third kappa shape index (κ3) is 3.49. The van der Waals surface area contributed by atoms with Crippen molar-refractivity contribution in [3.63, 3.8) is 0 Å². The predicted molar refractivity (Wildman–Crippen MR) is 77.0 cm³/mol. The van der Waals surface area contributed by atoms with Crippen LogP contribution in [-0.2, 0) is 0 Å². The maximum Gasteiger partial charge on any atom is 0.255 e. The summed E-state index contributed by atoms with van der Waals surface area (Å²) in [5.41, 5.74) is 1.58. The zero-order valence-corrected chi connectivity index (χ0v) is 12.0. The number of ether oxygens (including phenoxy) is 1. The fourth-order valence-electron chi connectivity index (χ4n) is 2.44. The lowest BCUT2D eigenvalue weighted by molar-refractivity contribution is 0.0752. The molecule has 1 saturated heterocycles. The summed E-state index contributed by atoms with van der Waals surface area (Å²) in [6.07, 6.45) is 0.468. The maximum absolute atomic E-state index is 12.2. The quantitative estimate of drug-likeness (QED) is 0.758. The molecule has 0 aliphatic carbocycles. The highest BCUT2D eigenvalue weighted by molar-refractivity contribution is 5.97. The smallest absolute Gasteiger partial charge is 0.255 e. The summed E-state index contributed by atoms with van der Waals surface area (Å²) in [5.74, 6) is 0.526. The zero-order chi connectivity index (χ0) is 14.5. The van der Waals surface area contributed by atoms with Crippen LogP contribution in [-0.4, -0.2) is 43.9 Å². The highest BCUT2D eigenvalue weighted by Crippen LogP contribution is 2.20. The SMILES string of the molecule is COc1cc(C)ccc1C(=O)NC[C@@H]1CCNC[C@H]1O. The van der Waals surface area contributed by atoms with Crippen molar-refractivity contribution in [3.8, 4) is 5.75 Å². The van der Waals surface area contributed by atoms with E-state index in [9.17, 15) is 9.90 Å². The first kappa shape index (κ1) is 14.8. The molecule has 3 N–H and O–H groups in total. The molecule has 0 aromatic heterocycles. The molecule has 1 aromatic carbocycles. The van der Waals surface area contributed by atoms with Crippen LogP contribution in [0.15, 0.2) is 18.2 Å². The Kier molecular flexibility index (Phi) is 4.98. The Morgan fingerprint density at radius 1 is 1.55 bits per heavy atom. The molecule has 5 nitrogen and oxygen atoms in total. The molecule has 0 spiro atoms. The average molecular weight is 278 g/mol. The van der Waals surface area contributed by atoms with Crippen molar-refractivity contribution >= 4 is 5.91 Å². The van der Waals surface area contributed by atoms with Crippen LogP contribution < -0.4 is 15.4 Å². The number of rotatable bonds is 4. The van der Waals surface area contributed by atoms with Crippen molar-refractivity contribution in [2.24, 2.45) is 5.92 Å². The Hall–Kier alpha value is -1.59. The van der Waals surface area contributed by atoms with Crippen LogP contribution in [0.2, 0.25) is 0 Å². The number of methoxy groups -OCH3 is 1. The number of hydrogen-bond donors (Lipinski definition) is 3. The summed E-state index contributed by atoms with van der Waals surface area (Å²) in [4.78, 5) is 12.2. The highest BCUT2D eigenvalue weighted by atomic mass is 16.5. The molecule has 1 aliphatic rings. The summed E-state index contributed by atoms with van der Waals surface area (Å²) in [5, 5.41) is 15.9. The standard InChI is InChI=1S/C15H22N2O3/c1-10-3-4-12(14(7-10)20-2)15(19)17-8-11-5-6-16-9-13(11)18/h3-4,7,11,13,16,18H,5-6,8-9H2,1-2H3,(H,17,19)/t11-,13+/m0/s1. The van der Waals surface area contributed by atoms with Gasteiger partial charge in [-0.05, 0) is 37.6 Å². The summed E-state index contributed by atoms with van der Waals surface area (Å²) >= 11 is 0. The number of aliphatic hydroxyl groups excluding tert-OH is 1. The molecule has 0 radical (unpaired) electrons. The summed E-state index contributed by atoms with van der Waals surface area (Å²) < 4.78 is 5.24. The van der Waals surface area contributed by atoms with E-state index in [-0.39, 0.29) is 11.8 Å². The zero-order valence-electron chi connectivity index (χ0n) is 12.0. The van der Waals surface area contributed by atoms with Gasteiger partial charge in [-0.15, -0.1) is 0 Å². The molecule has 110 valence electrons. The second-order valence-corrected chi connectivity index (χ2v) is 5.23. The Morgan fingerprint density at radius 3 is 3.05 bits per heavy atom. The largest absolute Gasteiger partial charge is 0.496 e. The number of benzene rings is 1. The van der Waals surface area contributed by atoms with Crippen molar-refractivity contribution in [3.05, 3.63) is 29.3 Å². The van der Waals surface area contributed by atoms with E-state index in [4.69, 9.17) is 4.74 Å². The fourth-order valence-corrected chi connectivity index (χ4v) is 2.44. The predicted octanol–water partition coefficient (Wildman–Crippen LogP) is 0.704. The van der Waals surface area contributed by atoms with Gasteiger partial charge in [-0.1, -0.05) is 6.07 Å². The highest BCUT2D eigenvalue weighted by Gasteiger charge is 2.23. The molecule has 1 heterocycles. The lowest BCUT2D eigenvalue weighted by Gasteiger charge is -2.28. The number of β-amino-alcohol motifs (C(OH)–C–C–N with tert-alkyl or cyclic N) is 1. The van der Waals surface area contributed by atoms with Gasteiger partial charge >= 0.3 is 0 Å². The van der Waals surface area contributed by atoms with Crippen molar-refractivity contribution in [1.29, 1.82) is 0 Å².